The number of rotatable bonds is 6. The number of hydrogen-bond donors (Lipinski definition) is 0. The summed E-state index contributed by atoms with van der Waals surface area (Å²) >= 11 is 0. The monoisotopic (exact) mass is 371 g/mol. The smallest absolute Gasteiger partial charge is 0.261 e. The van der Waals surface area contributed by atoms with Crippen molar-refractivity contribution in [1.29, 1.82) is 0 Å². The summed E-state index contributed by atoms with van der Waals surface area (Å²) in [4.78, 5) is 14.9. The van der Waals surface area contributed by atoms with Crippen LogP contribution in [-0.4, -0.2) is 33.2 Å². The van der Waals surface area contributed by atoms with Crippen LogP contribution in [0, 0.1) is 5.82 Å². The van der Waals surface area contributed by atoms with Crippen LogP contribution < -0.4 is 4.74 Å². The van der Waals surface area contributed by atoms with Gasteiger partial charge in [0.1, 0.15) is 11.6 Å². The van der Waals surface area contributed by atoms with Gasteiger partial charge >= 0.3 is 0 Å². The highest BCUT2D eigenvalue weighted by Gasteiger charge is 2.30. The first-order valence-electron chi connectivity index (χ1n) is 9.83. The van der Waals surface area contributed by atoms with Crippen LogP contribution in [0.2, 0.25) is 0 Å². The van der Waals surface area contributed by atoms with Crippen molar-refractivity contribution >= 4 is 5.91 Å². The van der Waals surface area contributed by atoms with E-state index < -0.39 is 0 Å². The molecular weight excluding hydrogens is 345 g/mol. The number of benzene rings is 1. The Morgan fingerprint density at radius 2 is 1.96 bits per heavy atom. The molecule has 4 rings (SSSR count). The number of hydrogen-bond acceptors (Lipinski definition) is 3. The molecule has 5 nitrogen and oxygen atoms in total. The summed E-state index contributed by atoms with van der Waals surface area (Å²) in [6.45, 7) is 0.524. The van der Waals surface area contributed by atoms with Crippen molar-refractivity contribution in [1.82, 2.24) is 14.7 Å². The van der Waals surface area contributed by atoms with Crippen LogP contribution in [0.5, 0.6) is 5.75 Å². The topological polar surface area (TPSA) is 47.4 Å². The van der Waals surface area contributed by atoms with Crippen LogP contribution in [0.15, 0.2) is 24.3 Å². The molecule has 1 saturated carbocycles. The zero-order valence-corrected chi connectivity index (χ0v) is 15.8. The number of ether oxygens (including phenoxy) is 1. The number of carbonyl (C=O) groups excluding carboxylic acids is 1. The Morgan fingerprint density at radius 1 is 1.22 bits per heavy atom. The molecule has 1 fully saturated rings. The number of aryl methyl sites for hydroxylation is 1. The number of aromatic nitrogens is 2. The van der Waals surface area contributed by atoms with Crippen molar-refractivity contribution < 1.29 is 13.9 Å². The van der Waals surface area contributed by atoms with E-state index in [-0.39, 0.29) is 24.4 Å². The van der Waals surface area contributed by atoms with Gasteiger partial charge in [-0.1, -0.05) is 12.8 Å². The third kappa shape index (κ3) is 3.84. The quantitative estimate of drug-likeness (QED) is 0.782. The standard InChI is InChI=1S/C21H26FN3O2/c1-24-20-8-4-7-18(20)19(23-24)13-25(16-5-2-3-6-16)21(26)14-27-17-11-9-15(22)10-12-17/h9-12,16H,2-8,13-14H2,1H3. The van der Waals surface area contributed by atoms with Crippen molar-refractivity contribution in [3.05, 3.63) is 47.0 Å². The summed E-state index contributed by atoms with van der Waals surface area (Å²) < 4.78 is 20.6. The van der Waals surface area contributed by atoms with Gasteiger partial charge in [-0.15, -0.1) is 0 Å². The molecule has 0 N–H and O–H groups in total. The lowest BCUT2D eigenvalue weighted by atomic mass is 10.1. The summed E-state index contributed by atoms with van der Waals surface area (Å²) in [7, 11) is 1.99. The Balaban J connectivity index is 1.48. The maximum atomic E-state index is 13.0. The zero-order valence-electron chi connectivity index (χ0n) is 15.8. The first-order valence-corrected chi connectivity index (χ1v) is 9.83. The predicted molar refractivity (Wildman–Crippen MR) is 99.9 cm³/mol. The lowest BCUT2D eigenvalue weighted by Crippen LogP contribution is -2.41. The largest absolute Gasteiger partial charge is 0.484 e. The fourth-order valence-corrected chi connectivity index (χ4v) is 4.38. The lowest BCUT2D eigenvalue weighted by Gasteiger charge is -2.28. The predicted octanol–water partition coefficient (Wildman–Crippen LogP) is 3.40. The van der Waals surface area contributed by atoms with Gasteiger partial charge in [0.05, 0.1) is 12.2 Å². The van der Waals surface area contributed by atoms with E-state index in [1.807, 2.05) is 16.6 Å². The van der Waals surface area contributed by atoms with Crippen molar-refractivity contribution in [3.63, 3.8) is 0 Å². The molecule has 27 heavy (non-hydrogen) atoms. The highest BCUT2D eigenvalue weighted by molar-refractivity contribution is 5.78. The van der Waals surface area contributed by atoms with Gasteiger partial charge in [0, 0.05) is 18.8 Å². The Morgan fingerprint density at radius 3 is 2.70 bits per heavy atom. The summed E-state index contributed by atoms with van der Waals surface area (Å²) in [5, 5.41) is 4.69. The van der Waals surface area contributed by atoms with Crippen LogP contribution in [0.3, 0.4) is 0 Å². The molecule has 0 bridgehead atoms. The molecule has 6 heteroatoms. The second-order valence-electron chi connectivity index (χ2n) is 7.55. The molecule has 2 aliphatic carbocycles. The lowest BCUT2D eigenvalue weighted by molar-refractivity contribution is -0.136. The molecular formula is C21H26FN3O2. The minimum Gasteiger partial charge on any atom is -0.484 e. The second kappa shape index (κ2) is 7.71. The molecule has 2 aromatic rings. The summed E-state index contributed by atoms with van der Waals surface area (Å²) in [6.07, 6.45) is 7.69. The van der Waals surface area contributed by atoms with Crippen LogP contribution in [0.4, 0.5) is 4.39 Å². The highest BCUT2D eigenvalue weighted by Crippen LogP contribution is 2.29. The van der Waals surface area contributed by atoms with Gasteiger partial charge in [-0.25, -0.2) is 4.39 Å². The Kier molecular flexibility index (Phi) is 5.14. The normalized spacial score (nSPS) is 16.5. The molecule has 0 atom stereocenters. The van der Waals surface area contributed by atoms with Gasteiger partial charge in [0.25, 0.3) is 5.91 Å². The minimum absolute atomic E-state index is 0.0244. The number of halogens is 1. The SMILES string of the molecule is Cn1nc(CN(C(=O)COc2ccc(F)cc2)C2CCCC2)c2c1CCC2. The molecule has 0 aliphatic heterocycles. The molecule has 1 aromatic carbocycles. The average molecular weight is 371 g/mol. The van der Waals surface area contributed by atoms with Gasteiger partial charge in [0.2, 0.25) is 0 Å². The molecule has 0 unspecified atom stereocenters. The number of nitrogens with zero attached hydrogens (tertiary/aromatic N) is 3. The molecule has 0 radical (unpaired) electrons. The van der Waals surface area contributed by atoms with E-state index >= 15 is 0 Å². The number of carbonyl (C=O) groups is 1. The summed E-state index contributed by atoms with van der Waals surface area (Å²) in [5.41, 5.74) is 3.67. The molecule has 0 spiro atoms. The van der Waals surface area contributed by atoms with E-state index in [0.717, 1.165) is 44.2 Å². The minimum atomic E-state index is -0.315. The van der Waals surface area contributed by atoms with Gasteiger partial charge in [-0.05, 0) is 61.9 Å². The highest BCUT2D eigenvalue weighted by atomic mass is 19.1. The average Bonchev–Trinajstić information content (AvgIpc) is 3.40. The van der Waals surface area contributed by atoms with Crippen LogP contribution in [-0.2, 0) is 31.2 Å². The van der Waals surface area contributed by atoms with E-state index in [9.17, 15) is 9.18 Å². The molecule has 1 heterocycles. The van der Waals surface area contributed by atoms with Gasteiger partial charge in [-0.2, -0.15) is 5.10 Å². The summed E-state index contributed by atoms with van der Waals surface area (Å²) in [5.74, 6) is 0.170. The maximum Gasteiger partial charge on any atom is 0.261 e. The maximum absolute atomic E-state index is 13.0. The third-order valence-corrected chi connectivity index (χ3v) is 5.78. The van der Waals surface area contributed by atoms with Crippen molar-refractivity contribution in [2.45, 2.75) is 57.5 Å². The van der Waals surface area contributed by atoms with Crippen molar-refractivity contribution in [3.8, 4) is 5.75 Å². The van der Waals surface area contributed by atoms with Crippen LogP contribution in [0.1, 0.15) is 49.1 Å². The summed E-state index contributed by atoms with van der Waals surface area (Å²) in [6, 6.07) is 6.04. The molecule has 1 aromatic heterocycles. The van der Waals surface area contributed by atoms with Crippen LogP contribution in [0.25, 0.3) is 0 Å². The fraction of sp³-hybridized carbons (Fsp3) is 0.524. The van der Waals surface area contributed by atoms with E-state index in [4.69, 9.17) is 9.84 Å². The van der Waals surface area contributed by atoms with Gasteiger partial charge in [0.15, 0.2) is 6.61 Å². The number of fused-ring (bicyclic) bond motifs is 1. The zero-order chi connectivity index (χ0) is 18.8. The van der Waals surface area contributed by atoms with Crippen LogP contribution >= 0.6 is 0 Å². The number of amides is 1. The van der Waals surface area contributed by atoms with E-state index in [2.05, 4.69) is 0 Å². The van der Waals surface area contributed by atoms with Gasteiger partial charge < -0.3 is 9.64 Å². The molecule has 2 aliphatic rings. The van der Waals surface area contributed by atoms with Gasteiger partial charge in [-0.3, -0.25) is 9.48 Å². The van der Waals surface area contributed by atoms with Crippen molar-refractivity contribution in [2.75, 3.05) is 6.61 Å². The first-order chi connectivity index (χ1) is 13.1. The third-order valence-electron chi connectivity index (χ3n) is 5.78. The Labute approximate surface area is 159 Å². The second-order valence-corrected chi connectivity index (χ2v) is 7.55. The van der Waals surface area contributed by atoms with E-state index in [1.54, 1.807) is 12.1 Å². The van der Waals surface area contributed by atoms with E-state index in [0.29, 0.717) is 12.3 Å². The Hall–Kier alpha value is -2.37. The fourth-order valence-electron chi connectivity index (χ4n) is 4.38. The molecule has 144 valence electrons. The first kappa shape index (κ1) is 18.0. The Bertz CT molecular complexity index is 810. The van der Waals surface area contributed by atoms with Crippen molar-refractivity contribution in [2.24, 2.45) is 7.05 Å². The molecule has 1 amide bonds. The molecule has 0 saturated heterocycles. The van der Waals surface area contributed by atoms with E-state index in [1.165, 1.54) is 29.8 Å².